The molecule has 0 unspecified atom stereocenters. The monoisotopic (exact) mass is 425 g/mol. The number of aromatic carboxylic acids is 1. The number of carboxylic acid groups (broad SMARTS) is 1. The van der Waals surface area contributed by atoms with E-state index < -0.39 is 5.97 Å². The largest absolute Gasteiger partial charge is 0.478 e. The second-order valence-corrected chi connectivity index (χ2v) is 7.70. The molecule has 8 heteroatoms. The number of pyridine rings is 2. The van der Waals surface area contributed by atoms with E-state index in [9.17, 15) is 14.7 Å². The summed E-state index contributed by atoms with van der Waals surface area (Å²) in [6.45, 7) is 0. The maximum absolute atomic E-state index is 12.4. The highest BCUT2D eigenvalue weighted by molar-refractivity contribution is 6.22. The van der Waals surface area contributed by atoms with Gasteiger partial charge in [0, 0.05) is 59.4 Å². The zero-order valence-electron chi connectivity index (χ0n) is 17.4. The van der Waals surface area contributed by atoms with E-state index in [1.807, 2.05) is 12.1 Å². The van der Waals surface area contributed by atoms with Crippen molar-refractivity contribution in [3.05, 3.63) is 72.1 Å². The van der Waals surface area contributed by atoms with Crippen LogP contribution in [0.25, 0.3) is 32.7 Å². The van der Waals surface area contributed by atoms with Crippen LogP contribution in [0.3, 0.4) is 0 Å². The van der Waals surface area contributed by atoms with Crippen molar-refractivity contribution in [2.75, 3.05) is 19.4 Å². The van der Waals surface area contributed by atoms with E-state index in [0.717, 1.165) is 27.2 Å². The Hall–Kier alpha value is -4.46. The van der Waals surface area contributed by atoms with Crippen LogP contribution >= 0.6 is 0 Å². The maximum Gasteiger partial charge on any atom is 0.335 e. The van der Waals surface area contributed by atoms with Gasteiger partial charge in [-0.25, -0.2) is 9.78 Å². The number of nitrogens with one attached hydrogen (secondary N) is 2. The number of fused-ring (bicyclic) bond motifs is 5. The van der Waals surface area contributed by atoms with Crippen LogP contribution in [0.15, 0.2) is 60.9 Å². The van der Waals surface area contributed by atoms with Crippen molar-refractivity contribution in [3.63, 3.8) is 0 Å². The Balaban J connectivity index is 1.74. The topological polar surface area (TPSA) is 111 Å². The number of nitrogens with zero attached hydrogens (tertiary/aromatic N) is 3. The van der Waals surface area contributed by atoms with E-state index in [-0.39, 0.29) is 11.5 Å². The molecule has 0 aliphatic carbocycles. The van der Waals surface area contributed by atoms with Crippen molar-refractivity contribution in [3.8, 4) is 0 Å². The van der Waals surface area contributed by atoms with Crippen molar-refractivity contribution in [1.29, 1.82) is 0 Å². The molecule has 0 saturated carbocycles. The second-order valence-electron chi connectivity index (χ2n) is 7.70. The second kappa shape index (κ2) is 7.35. The molecule has 0 radical (unpaired) electrons. The van der Waals surface area contributed by atoms with Gasteiger partial charge in [-0.1, -0.05) is 12.1 Å². The predicted octanol–water partition coefficient (Wildman–Crippen LogP) is 4.41. The summed E-state index contributed by atoms with van der Waals surface area (Å²) in [6.07, 6.45) is 3.48. The first kappa shape index (κ1) is 19.5. The highest BCUT2D eigenvalue weighted by Crippen LogP contribution is 2.36. The molecule has 0 atom stereocenters. The third-order valence-electron chi connectivity index (χ3n) is 5.36. The Morgan fingerprint density at radius 1 is 1.03 bits per heavy atom. The molecule has 3 aromatic heterocycles. The Morgan fingerprint density at radius 2 is 1.88 bits per heavy atom. The molecule has 0 aliphatic heterocycles. The number of H-pyrrole nitrogens is 1. The molecule has 0 saturated heterocycles. The van der Waals surface area contributed by atoms with Crippen molar-refractivity contribution in [1.82, 2.24) is 19.9 Å². The maximum atomic E-state index is 12.4. The quantitative estimate of drug-likeness (QED) is 0.393. The molecule has 1 amide bonds. The molecule has 5 rings (SSSR count). The van der Waals surface area contributed by atoms with Crippen molar-refractivity contribution < 1.29 is 14.7 Å². The van der Waals surface area contributed by atoms with Crippen LogP contribution in [0.4, 0.5) is 11.5 Å². The highest BCUT2D eigenvalue weighted by atomic mass is 16.4. The predicted molar refractivity (Wildman–Crippen MR) is 124 cm³/mol. The van der Waals surface area contributed by atoms with Gasteiger partial charge in [0.1, 0.15) is 0 Å². The van der Waals surface area contributed by atoms with Gasteiger partial charge in [-0.3, -0.25) is 9.78 Å². The van der Waals surface area contributed by atoms with Crippen molar-refractivity contribution in [2.45, 2.75) is 0 Å². The summed E-state index contributed by atoms with van der Waals surface area (Å²) in [5.41, 5.74) is 3.61. The number of rotatable bonds is 4. The average Bonchev–Trinajstić information content (AvgIpc) is 3.18. The van der Waals surface area contributed by atoms with Crippen molar-refractivity contribution >= 4 is 56.1 Å². The van der Waals surface area contributed by atoms with Crippen molar-refractivity contribution in [2.24, 2.45) is 0 Å². The minimum absolute atomic E-state index is 0.104. The van der Waals surface area contributed by atoms with E-state index in [4.69, 9.17) is 4.98 Å². The number of carbonyl (C=O) groups excluding carboxylic acids is 1. The number of hydrogen-bond acceptors (Lipinski definition) is 5. The molecule has 0 spiro atoms. The van der Waals surface area contributed by atoms with Gasteiger partial charge in [0.05, 0.1) is 16.6 Å². The fourth-order valence-corrected chi connectivity index (χ4v) is 3.85. The summed E-state index contributed by atoms with van der Waals surface area (Å²) in [4.78, 5) is 37.8. The van der Waals surface area contributed by atoms with Crippen LogP contribution in [0.2, 0.25) is 0 Å². The van der Waals surface area contributed by atoms with Crippen LogP contribution in [0, 0.1) is 0 Å². The van der Waals surface area contributed by atoms with Crippen LogP contribution < -0.4 is 5.32 Å². The first-order chi connectivity index (χ1) is 15.4. The molecule has 2 aromatic carbocycles. The molecule has 5 aromatic rings. The fraction of sp³-hybridized carbons (Fsp3) is 0.0833. The van der Waals surface area contributed by atoms with Crippen LogP contribution in [0.5, 0.6) is 0 Å². The number of anilines is 2. The highest BCUT2D eigenvalue weighted by Gasteiger charge is 2.17. The number of aromatic amines is 1. The van der Waals surface area contributed by atoms with Crippen LogP contribution in [0.1, 0.15) is 20.7 Å². The smallest absolute Gasteiger partial charge is 0.335 e. The average molecular weight is 425 g/mol. The lowest BCUT2D eigenvalue weighted by Crippen LogP contribution is -2.21. The zero-order valence-corrected chi connectivity index (χ0v) is 17.4. The molecule has 8 nitrogen and oxygen atoms in total. The third-order valence-corrected chi connectivity index (χ3v) is 5.36. The molecule has 3 heterocycles. The minimum Gasteiger partial charge on any atom is -0.478 e. The number of aromatic nitrogens is 3. The standard InChI is InChI=1S/C24H19N5O3/c1-29(2)23(30)13-4-3-5-15(10-13)26-22-21-20(17-12-25-9-8-18(17)27-21)16-7-6-14(24(31)32)11-19(16)28-22/h3-12,27H,1-2H3,(H,26,28)(H,31,32). The summed E-state index contributed by atoms with van der Waals surface area (Å²) in [7, 11) is 3.41. The van der Waals surface area contributed by atoms with Crippen LogP contribution in [-0.2, 0) is 0 Å². The lowest BCUT2D eigenvalue weighted by molar-refractivity contribution is 0.0696. The number of hydrogen-bond donors (Lipinski definition) is 3. The van der Waals surface area contributed by atoms with E-state index in [1.54, 1.807) is 62.9 Å². The zero-order chi connectivity index (χ0) is 22.4. The van der Waals surface area contributed by atoms with Gasteiger partial charge in [-0.15, -0.1) is 0 Å². The lowest BCUT2D eigenvalue weighted by atomic mass is 10.1. The summed E-state index contributed by atoms with van der Waals surface area (Å²) < 4.78 is 0. The first-order valence-corrected chi connectivity index (χ1v) is 9.93. The summed E-state index contributed by atoms with van der Waals surface area (Å²) >= 11 is 0. The molecule has 32 heavy (non-hydrogen) atoms. The molecule has 158 valence electrons. The number of amides is 1. The lowest BCUT2D eigenvalue weighted by Gasteiger charge is -2.13. The summed E-state index contributed by atoms with van der Waals surface area (Å²) in [6, 6.07) is 14.0. The Bertz CT molecular complexity index is 1540. The summed E-state index contributed by atoms with van der Waals surface area (Å²) in [5.74, 6) is -0.590. The molecule has 0 aliphatic rings. The molecule has 0 bridgehead atoms. The van der Waals surface area contributed by atoms with Gasteiger partial charge < -0.3 is 20.3 Å². The summed E-state index contributed by atoms with van der Waals surface area (Å²) in [5, 5.41) is 15.4. The van der Waals surface area contributed by atoms with Gasteiger partial charge in [-0.05, 0) is 36.4 Å². The van der Waals surface area contributed by atoms with Gasteiger partial charge in [0.25, 0.3) is 5.91 Å². The number of benzene rings is 2. The van der Waals surface area contributed by atoms with E-state index in [0.29, 0.717) is 22.6 Å². The number of carboxylic acids is 1. The SMILES string of the molecule is CN(C)C(=O)c1cccc(Nc2nc3cc(C(=O)O)ccc3c3c2[nH]c2ccncc23)c1. The normalized spacial score (nSPS) is 11.2. The molecule has 3 N–H and O–H groups in total. The molecular weight excluding hydrogens is 406 g/mol. The van der Waals surface area contributed by atoms with Gasteiger partial charge in [0.2, 0.25) is 0 Å². The van der Waals surface area contributed by atoms with E-state index >= 15 is 0 Å². The fourth-order valence-electron chi connectivity index (χ4n) is 3.85. The van der Waals surface area contributed by atoms with Gasteiger partial charge >= 0.3 is 5.97 Å². The van der Waals surface area contributed by atoms with Gasteiger partial charge in [-0.2, -0.15) is 0 Å². The molecule has 0 fully saturated rings. The van der Waals surface area contributed by atoms with Gasteiger partial charge in [0.15, 0.2) is 5.82 Å². The third kappa shape index (κ3) is 3.18. The minimum atomic E-state index is -1.02. The number of carbonyl (C=O) groups is 2. The van der Waals surface area contributed by atoms with E-state index in [1.165, 1.54) is 4.90 Å². The van der Waals surface area contributed by atoms with Crippen LogP contribution in [-0.4, -0.2) is 50.9 Å². The van der Waals surface area contributed by atoms with E-state index in [2.05, 4.69) is 15.3 Å². The first-order valence-electron chi connectivity index (χ1n) is 9.93. The molecular formula is C24H19N5O3. The Labute approximate surface area is 182 Å². The Morgan fingerprint density at radius 3 is 2.66 bits per heavy atom. The Kier molecular flexibility index (Phi) is 4.48.